The van der Waals surface area contributed by atoms with E-state index in [1.165, 1.54) is 0 Å². The van der Waals surface area contributed by atoms with Gasteiger partial charge in [-0.2, -0.15) is 4.98 Å². The Bertz CT molecular complexity index is 400. The van der Waals surface area contributed by atoms with Crippen LogP contribution in [0.2, 0.25) is 0 Å². The molecular weight excluding hydrogens is 234 g/mol. The van der Waals surface area contributed by atoms with Gasteiger partial charge in [-0.15, -0.1) is 0 Å². The monoisotopic (exact) mass is 255 g/mol. The van der Waals surface area contributed by atoms with E-state index in [0.29, 0.717) is 24.7 Å². The molecule has 1 unspecified atom stereocenters. The number of nitrogens with one attached hydrogen (secondary N) is 1. The summed E-state index contributed by atoms with van der Waals surface area (Å²) in [4.78, 5) is 4.39. The average molecular weight is 255 g/mol. The highest BCUT2D eigenvalue weighted by molar-refractivity contribution is 5.01. The highest BCUT2D eigenvalue weighted by Crippen LogP contribution is 2.34. The van der Waals surface area contributed by atoms with Crippen LogP contribution in [0.15, 0.2) is 4.52 Å². The number of nitrogens with zero attached hydrogens (tertiary/aromatic N) is 2. The molecule has 0 spiro atoms. The van der Waals surface area contributed by atoms with Gasteiger partial charge in [0, 0.05) is 13.7 Å². The summed E-state index contributed by atoms with van der Waals surface area (Å²) in [6.45, 7) is 6.76. The Morgan fingerprint density at radius 3 is 2.72 bits per heavy atom. The second-order valence-electron chi connectivity index (χ2n) is 5.82. The molecule has 1 aromatic rings. The molecule has 1 fully saturated rings. The number of aliphatic hydroxyl groups is 1. The first-order valence-corrected chi connectivity index (χ1v) is 6.19. The van der Waals surface area contributed by atoms with E-state index in [1.807, 2.05) is 0 Å². The van der Waals surface area contributed by atoms with Crippen LogP contribution < -0.4 is 5.32 Å². The van der Waals surface area contributed by atoms with Gasteiger partial charge in [0.1, 0.15) is 6.10 Å². The summed E-state index contributed by atoms with van der Waals surface area (Å²) < 4.78 is 10.7. The van der Waals surface area contributed by atoms with Crippen LogP contribution in [-0.2, 0) is 4.74 Å². The van der Waals surface area contributed by atoms with E-state index in [-0.39, 0.29) is 23.7 Å². The summed E-state index contributed by atoms with van der Waals surface area (Å²) in [5, 5.41) is 16.6. The molecule has 2 N–H and O–H groups in total. The smallest absolute Gasteiger partial charge is 0.243 e. The van der Waals surface area contributed by atoms with E-state index in [0.717, 1.165) is 0 Å². The van der Waals surface area contributed by atoms with Crippen LogP contribution >= 0.6 is 0 Å². The first-order valence-electron chi connectivity index (χ1n) is 6.19. The van der Waals surface area contributed by atoms with Crippen molar-refractivity contribution in [2.45, 2.75) is 45.4 Å². The van der Waals surface area contributed by atoms with E-state index in [1.54, 1.807) is 7.11 Å². The third kappa shape index (κ3) is 2.71. The molecule has 0 radical (unpaired) electrons. The van der Waals surface area contributed by atoms with Gasteiger partial charge in [0.15, 0.2) is 0 Å². The van der Waals surface area contributed by atoms with Gasteiger partial charge >= 0.3 is 0 Å². The molecule has 0 aliphatic carbocycles. The summed E-state index contributed by atoms with van der Waals surface area (Å²) in [6.07, 6.45) is 0.0574. The van der Waals surface area contributed by atoms with Crippen LogP contribution in [0.25, 0.3) is 0 Å². The molecule has 18 heavy (non-hydrogen) atoms. The van der Waals surface area contributed by atoms with E-state index in [2.05, 4.69) is 36.2 Å². The van der Waals surface area contributed by atoms with Crippen molar-refractivity contribution in [2.75, 3.05) is 13.7 Å². The van der Waals surface area contributed by atoms with Gasteiger partial charge in [-0.1, -0.05) is 25.9 Å². The molecule has 1 aliphatic heterocycles. The number of methoxy groups -OCH3 is 1. The second-order valence-corrected chi connectivity index (χ2v) is 5.82. The first-order chi connectivity index (χ1) is 8.41. The molecule has 2 heterocycles. The van der Waals surface area contributed by atoms with Crippen molar-refractivity contribution in [3.8, 4) is 0 Å². The minimum Gasteiger partial charge on any atom is -0.392 e. The SMILES string of the molecule is COC(c1noc([C@@H]2C[C@H](O)CN2)n1)C(C)(C)C. The lowest BCUT2D eigenvalue weighted by Gasteiger charge is -2.26. The minimum atomic E-state index is -0.341. The van der Waals surface area contributed by atoms with Crippen molar-refractivity contribution < 1.29 is 14.4 Å². The summed E-state index contributed by atoms with van der Waals surface area (Å²) in [7, 11) is 1.64. The second kappa shape index (κ2) is 4.95. The van der Waals surface area contributed by atoms with Crippen molar-refractivity contribution in [1.29, 1.82) is 0 Å². The van der Waals surface area contributed by atoms with Crippen molar-refractivity contribution >= 4 is 0 Å². The lowest BCUT2D eigenvalue weighted by molar-refractivity contribution is 0.00718. The van der Waals surface area contributed by atoms with Gasteiger partial charge in [-0.05, 0) is 11.8 Å². The molecule has 1 saturated heterocycles. The fourth-order valence-electron chi connectivity index (χ4n) is 2.25. The number of β-amino-alcohol motifs (C(OH)–C–C–N with tert-alkyl or cyclic N) is 1. The molecule has 0 aromatic carbocycles. The standard InChI is InChI=1S/C12H21N3O3/c1-12(2,3)9(17-4)10-14-11(18-15-10)8-5-7(16)6-13-8/h7-9,13,16H,5-6H2,1-4H3/t7-,8-,9?/m0/s1. The Balaban J connectivity index is 2.14. The molecule has 0 amide bonds. The highest BCUT2D eigenvalue weighted by atomic mass is 16.5. The third-order valence-electron chi connectivity index (χ3n) is 3.12. The quantitative estimate of drug-likeness (QED) is 0.844. The Hall–Kier alpha value is -0.980. The molecule has 3 atom stereocenters. The zero-order valence-corrected chi connectivity index (χ0v) is 11.3. The van der Waals surface area contributed by atoms with Gasteiger partial charge < -0.3 is 19.7 Å². The average Bonchev–Trinajstić information content (AvgIpc) is 2.85. The van der Waals surface area contributed by atoms with Gasteiger partial charge in [-0.25, -0.2) is 0 Å². The van der Waals surface area contributed by atoms with Crippen molar-refractivity contribution in [3.63, 3.8) is 0 Å². The summed E-state index contributed by atoms with van der Waals surface area (Å²) in [6, 6.07) is -0.0567. The maximum absolute atomic E-state index is 9.48. The lowest BCUT2D eigenvalue weighted by Crippen LogP contribution is -2.21. The molecule has 1 aromatic heterocycles. The molecule has 2 rings (SSSR count). The summed E-state index contributed by atoms with van der Waals surface area (Å²) >= 11 is 0. The molecule has 0 saturated carbocycles. The first kappa shape index (κ1) is 13.5. The van der Waals surface area contributed by atoms with E-state index in [9.17, 15) is 5.11 Å². The van der Waals surface area contributed by atoms with Crippen LogP contribution in [-0.4, -0.2) is 35.0 Å². The van der Waals surface area contributed by atoms with Crippen LogP contribution in [0, 0.1) is 5.41 Å². The van der Waals surface area contributed by atoms with Crippen LogP contribution in [0.1, 0.15) is 51.1 Å². The maximum atomic E-state index is 9.48. The number of ether oxygens (including phenoxy) is 1. The zero-order chi connectivity index (χ0) is 13.3. The molecular formula is C12H21N3O3. The molecule has 6 heteroatoms. The van der Waals surface area contributed by atoms with E-state index in [4.69, 9.17) is 9.26 Å². The normalized spacial score (nSPS) is 26.5. The Kier molecular flexibility index (Phi) is 3.70. The van der Waals surface area contributed by atoms with Gasteiger partial charge in [-0.3, -0.25) is 0 Å². The maximum Gasteiger partial charge on any atom is 0.243 e. The van der Waals surface area contributed by atoms with Gasteiger partial charge in [0.05, 0.1) is 12.1 Å². The number of aromatic nitrogens is 2. The van der Waals surface area contributed by atoms with E-state index >= 15 is 0 Å². The molecule has 1 aliphatic rings. The Morgan fingerprint density at radius 1 is 1.50 bits per heavy atom. The van der Waals surface area contributed by atoms with Crippen LogP contribution in [0.4, 0.5) is 0 Å². The van der Waals surface area contributed by atoms with Crippen molar-refractivity contribution in [2.24, 2.45) is 5.41 Å². The van der Waals surface area contributed by atoms with Crippen molar-refractivity contribution in [1.82, 2.24) is 15.5 Å². The fourth-order valence-corrected chi connectivity index (χ4v) is 2.25. The number of hydrogen-bond donors (Lipinski definition) is 2. The van der Waals surface area contributed by atoms with Gasteiger partial charge in [0.25, 0.3) is 0 Å². The molecule has 6 nitrogen and oxygen atoms in total. The van der Waals surface area contributed by atoms with E-state index < -0.39 is 0 Å². The number of rotatable bonds is 3. The van der Waals surface area contributed by atoms with Gasteiger partial charge in [0.2, 0.25) is 11.7 Å². The highest BCUT2D eigenvalue weighted by Gasteiger charge is 2.33. The van der Waals surface area contributed by atoms with Crippen LogP contribution in [0.3, 0.4) is 0 Å². The summed E-state index contributed by atoms with van der Waals surface area (Å²) in [5.74, 6) is 1.08. The minimum absolute atomic E-state index is 0.0567. The molecule has 0 bridgehead atoms. The largest absolute Gasteiger partial charge is 0.392 e. The predicted octanol–water partition coefficient (Wildman–Crippen LogP) is 1.20. The summed E-state index contributed by atoms with van der Waals surface area (Å²) in [5.41, 5.74) is -0.0987. The number of hydrogen-bond acceptors (Lipinski definition) is 6. The lowest BCUT2D eigenvalue weighted by atomic mass is 9.88. The molecule has 102 valence electrons. The Labute approximate surface area is 107 Å². The van der Waals surface area contributed by atoms with Crippen molar-refractivity contribution in [3.05, 3.63) is 11.7 Å². The zero-order valence-electron chi connectivity index (χ0n) is 11.3. The fraction of sp³-hybridized carbons (Fsp3) is 0.833. The third-order valence-corrected chi connectivity index (χ3v) is 3.12. The Morgan fingerprint density at radius 2 is 2.22 bits per heavy atom. The topological polar surface area (TPSA) is 80.4 Å². The predicted molar refractivity (Wildman–Crippen MR) is 64.9 cm³/mol. The number of aliphatic hydroxyl groups excluding tert-OH is 1. The van der Waals surface area contributed by atoms with Crippen LogP contribution in [0.5, 0.6) is 0 Å².